The van der Waals surface area contributed by atoms with E-state index >= 15 is 0 Å². The van der Waals surface area contributed by atoms with Crippen LogP contribution in [0.25, 0.3) is 0 Å². The van der Waals surface area contributed by atoms with Gasteiger partial charge in [0.1, 0.15) is 0 Å². The first-order valence-corrected chi connectivity index (χ1v) is 3.32. The minimum atomic E-state index is 0.0231. The van der Waals surface area contributed by atoms with Crippen LogP contribution < -0.4 is 4.74 Å². The van der Waals surface area contributed by atoms with Gasteiger partial charge in [-0.15, -0.1) is 0 Å². The van der Waals surface area contributed by atoms with Crippen molar-refractivity contribution in [2.75, 3.05) is 7.11 Å². The topological polar surface area (TPSA) is 62.0 Å². The fraction of sp³-hybridized carbons (Fsp3) is 0.125. The smallest absolute Gasteiger partial charge is 0.160 e. The van der Waals surface area contributed by atoms with E-state index in [0.717, 1.165) is 0 Å². The highest BCUT2D eigenvalue weighted by molar-refractivity contribution is 5.80. The van der Waals surface area contributed by atoms with Gasteiger partial charge in [0.25, 0.3) is 0 Å². The van der Waals surface area contributed by atoms with Crippen molar-refractivity contribution in [2.45, 2.75) is 0 Å². The van der Waals surface area contributed by atoms with Crippen LogP contribution in [0.5, 0.6) is 11.5 Å². The number of oxime groups is 1. The second kappa shape index (κ2) is 3.61. The SMILES string of the molecule is COc1ccc(/C=N/O)cc1O. The molecule has 0 saturated carbocycles. The van der Waals surface area contributed by atoms with E-state index < -0.39 is 0 Å². The highest BCUT2D eigenvalue weighted by atomic mass is 16.5. The van der Waals surface area contributed by atoms with Crippen molar-refractivity contribution in [3.05, 3.63) is 23.8 Å². The zero-order valence-electron chi connectivity index (χ0n) is 6.56. The molecule has 0 heterocycles. The van der Waals surface area contributed by atoms with E-state index in [1.807, 2.05) is 0 Å². The van der Waals surface area contributed by atoms with E-state index in [1.54, 1.807) is 12.1 Å². The van der Waals surface area contributed by atoms with Gasteiger partial charge in [0.05, 0.1) is 13.3 Å². The van der Waals surface area contributed by atoms with Crippen LogP contribution in [-0.4, -0.2) is 23.6 Å². The summed E-state index contributed by atoms with van der Waals surface area (Å²) in [5.74, 6) is 0.417. The second-order valence-corrected chi connectivity index (χ2v) is 2.18. The predicted molar refractivity (Wildman–Crippen MR) is 44.0 cm³/mol. The Balaban J connectivity index is 3.01. The van der Waals surface area contributed by atoms with Crippen LogP contribution in [0, 0.1) is 0 Å². The third kappa shape index (κ3) is 1.66. The molecule has 12 heavy (non-hydrogen) atoms. The Morgan fingerprint density at radius 1 is 1.50 bits per heavy atom. The number of hydrogen-bond donors (Lipinski definition) is 2. The zero-order valence-corrected chi connectivity index (χ0v) is 6.56. The van der Waals surface area contributed by atoms with E-state index in [1.165, 1.54) is 19.4 Å². The first-order valence-electron chi connectivity index (χ1n) is 3.32. The average Bonchev–Trinajstić information content (AvgIpc) is 2.05. The molecule has 0 spiro atoms. The number of phenols is 1. The van der Waals surface area contributed by atoms with Crippen molar-refractivity contribution in [1.29, 1.82) is 0 Å². The van der Waals surface area contributed by atoms with Crippen molar-refractivity contribution >= 4 is 6.21 Å². The summed E-state index contributed by atoms with van der Waals surface area (Å²) in [5, 5.41) is 20.3. The van der Waals surface area contributed by atoms with Crippen LogP contribution in [0.1, 0.15) is 5.56 Å². The lowest BCUT2D eigenvalue weighted by Gasteiger charge is -2.02. The quantitative estimate of drug-likeness (QED) is 0.395. The Morgan fingerprint density at radius 3 is 2.75 bits per heavy atom. The summed E-state index contributed by atoms with van der Waals surface area (Å²) in [6.45, 7) is 0. The average molecular weight is 167 g/mol. The molecule has 0 atom stereocenters. The normalized spacial score (nSPS) is 10.4. The summed E-state index contributed by atoms with van der Waals surface area (Å²) in [7, 11) is 1.47. The number of rotatable bonds is 2. The molecule has 0 aliphatic heterocycles. The number of benzene rings is 1. The highest BCUT2D eigenvalue weighted by Gasteiger charge is 1.99. The van der Waals surface area contributed by atoms with Crippen LogP contribution in [0.3, 0.4) is 0 Å². The van der Waals surface area contributed by atoms with Gasteiger partial charge in [-0.1, -0.05) is 5.16 Å². The fourth-order valence-electron chi connectivity index (χ4n) is 0.854. The lowest BCUT2D eigenvalue weighted by molar-refractivity contribution is 0.322. The van der Waals surface area contributed by atoms with E-state index in [0.29, 0.717) is 11.3 Å². The molecule has 0 amide bonds. The standard InChI is InChI=1S/C8H9NO3/c1-12-8-3-2-6(5-9-11)4-7(8)10/h2-5,10-11H,1H3/b9-5+. The van der Waals surface area contributed by atoms with Crippen LogP contribution in [-0.2, 0) is 0 Å². The van der Waals surface area contributed by atoms with Crippen LogP contribution in [0.2, 0.25) is 0 Å². The number of phenolic OH excluding ortho intramolecular Hbond substituents is 1. The maximum Gasteiger partial charge on any atom is 0.160 e. The largest absolute Gasteiger partial charge is 0.504 e. The Bertz CT molecular complexity index is 296. The molecule has 0 fully saturated rings. The fourth-order valence-corrected chi connectivity index (χ4v) is 0.854. The van der Waals surface area contributed by atoms with E-state index in [-0.39, 0.29) is 5.75 Å². The molecular weight excluding hydrogens is 158 g/mol. The van der Waals surface area contributed by atoms with Crippen molar-refractivity contribution in [1.82, 2.24) is 0 Å². The summed E-state index contributed by atoms with van der Waals surface area (Å²) < 4.78 is 4.82. The van der Waals surface area contributed by atoms with Crippen molar-refractivity contribution in [3.63, 3.8) is 0 Å². The number of ether oxygens (including phenoxy) is 1. The van der Waals surface area contributed by atoms with Gasteiger partial charge in [-0.25, -0.2) is 0 Å². The number of hydrogen-bond acceptors (Lipinski definition) is 4. The summed E-state index contributed by atoms with van der Waals surface area (Å²) in [6.07, 6.45) is 1.22. The second-order valence-electron chi connectivity index (χ2n) is 2.18. The molecule has 1 aromatic carbocycles. The van der Waals surface area contributed by atoms with Gasteiger partial charge in [-0.2, -0.15) is 0 Å². The van der Waals surface area contributed by atoms with Gasteiger partial charge < -0.3 is 15.1 Å². The molecule has 0 saturated heterocycles. The molecular formula is C8H9NO3. The maximum atomic E-state index is 9.25. The minimum Gasteiger partial charge on any atom is -0.504 e. The summed E-state index contributed by atoms with van der Waals surface area (Å²) >= 11 is 0. The molecule has 0 radical (unpaired) electrons. The lowest BCUT2D eigenvalue weighted by atomic mass is 10.2. The van der Waals surface area contributed by atoms with Crippen molar-refractivity contribution < 1.29 is 15.1 Å². The van der Waals surface area contributed by atoms with Gasteiger partial charge in [-0.05, 0) is 23.8 Å². The predicted octanol–water partition coefficient (Wildman–Crippen LogP) is 1.21. The molecule has 0 bridgehead atoms. The first kappa shape index (κ1) is 8.39. The van der Waals surface area contributed by atoms with Crippen LogP contribution in [0.15, 0.2) is 23.4 Å². The minimum absolute atomic E-state index is 0.0231. The lowest BCUT2D eigenvalue weighted by Crippen LogP contribution is -1.85. The van der Waals surface area contributed by atoms with Gasteiger partial charge >= 0.3 is 0 Å². The number of nitrogens with zero attached hydrogens (tertiary/aromatic N) is 1. The molecule has 0 aliphatic carbocycles. The summed E-state index contributed by atoms with van der Waals surface area (Å²) in [5.41, 5.74) is 0.607. The van der Waals surface area contributed by atoms with Gasteiger partial charge in [0, 0.05) is 0 Å². The Morgan fingerprint density at radius 2 is 2.25 bits per heavy atom. The monoisotopic (exact) mass is 167 g/mol. The molecule has 4 nitrogen and oxygen atoms in total. The van der Waals surface area contributed by atoms with Crippen LogP contribution >= 0.6 is 0 Å². The van der Waals surface area contributed by atoms with Crippen molar-refractivity contribution in [3.8, 4) is 11.5 Å². The third-order valence-corrected chi connectivity index (χ3v) is 1.41. The molecule has 1 aromatic rings. The van der Waals surface area contributed by atoms with E-state index in [4.69, 9.17) is 9.94 Å². The van der Waals surface area contributed by atoms with Gasteiger partial charge in [-0.3, -0.25) is 0 Å². The molecule has 64 valence electrons. The summed E-state index contributed by atoms with van der Waals surface area (Å²) in [6, 6.07) is 4.70. The molecule has 4 heteroatoms. The molecule has 1 rings (SSSR count). The zero-order chi connectivity index (χ0) is 8.97. The number of methoxy groups -OCH3 is 1. The number of aromatic hydroxyl groups is 1. The van der Waals surface area contributed by atoms with Gasteiger partial charge in [0.15, 0.2) is 11.5 Å². The van der Waals surface area contributed by atoms with Gasteiger partial charge in [0.2, 0.25) is 0 Å². The summed E-state index contributed by atoms with van der Waals surface area (Å²) in [4.78, 5) is 0. The molecule has 0 aromatic heterocycles. The molecule has 0 aliphatic rings. The third-order valence-electron chi connectivity index (χ3n) is 1.41. The maximum absolute atomic E-state index is 9.25. The highest BCUT2D eigenvalue weighted by Crippen LogP contribution is 2.25. The first-order chi connectivity index (χ1) is 5.77. The molecule has 2 N–H and O–H groups in total. The Labute approximate surface area is 69.7 Å². The van der Waals surface area contributed by atoms with Crippen molar-refractivity contribution in [2.24, 2.45) is 5.16 Å². The van der Waals surface area contributed by atoms with Crippen LogP contribution in [0.4, 0.5) is 0 Å². The van der Waals surface area contributed by atoms with E-state index in [9.17, 15) is 5.11 Å². The van der Waals surface area contributed by atoms with E-state index in [2.05, 4.69) is 5.16 Å². The Kier molecular flexibility index (Phi) is 2.53. The molecule has 0 unspecified atom stereocenters. The Hall–Kier alpha value is -1.71.